The fraction of sp³-hybridized carbons (Fsp3) is 0.818. The number of cyclic esters (lactones) is 1. The lowest BCUT2D eigenvalue weighted by atomic mass is 9.98. The van der Waals surface area contributed by atoms with Crippen LogP contribution < -0.4 is 0 Å². The standard InChI is InChI=1S/C11H19NO4/c1-11(2,3)12-6-8(4-5-9(13)14)7-16-10(12)15/h8H,4-7H2,1-3H3,(H,13,14). The lowest BCUT2D eigenvalue weighted by molar-refractivity contribution is -0.137. The molecule has 5 nitrogen and oxygen atoms in total. The maximum Gasteiger partial charge on any atom is 0.410 e. The normalized spacial score (nSPS) is 21.8. The van der Waals surface area contributed by atoms with Crippen LogP contribution in [0.25, 0.3) is 0 Å². The van der Waals surface area contributed by atoms with Crippen molar-refractivity contribution in [3.63, 3.8) is 0 Å². The number of aliphatic carboxylic acids is 1. The quantitative estimate of drug-likeness (QED) is 0.800. The molecule has 1 heterocycles. The van der Waals surface area contributed by atoms with Crippen LogP contribution in [0.5, 0.6) is 0 Å². The Hall–Kier alpha value is -1.26. The van der Waals surface area contributed by atoms with Crippen molar-refractivity contribution in [1.29, 1.82) is 0 Å². The number of carboxylic acid groups (broad SMARTS) is 1. The first kappa shape index (κ1) is 12.8. The van der Waals surface area contributed by atoms with Crippen LogP contribution in [0, 0.1) is 5.92 Å². The van der Waals surface area contributed by atoms with E-state index in [4.69, 9.17) is 9.84 Å². The van der Waals surface area contributed by atoms with E-state index in [1.54, 1.807) is 4.90 Å². The van der Waals surface area contributed by atoms with Crippen molar-refractivity contribution in [3.05, 3.63) is 0 Å². The van der Waals surface area contributed by atoms with Gasteiger partial charge in [0, 0.05) is 24.4 Å². The fourth-order valence-corrected chi connectivity index (χ4v) is 1.70. The molecule has 5 heteroatoms. The largest absolute Gasteiger partial charge is 0.481 e. The summed E-state index contributed by atoms with van der Waals surface area (Å²) in [6.45, 7) is 6.73. The minimum atomic E-state index is -0.806. The molecule has 0 aromatic rings. The summed E-state index contributed by atoms with van der Waals surface area (Å²) in [5.41, 5.74) is -0.279. The Labute approximate surface area is 95.4 Å². The van der Waals surface area contributed by atoms with E-state index in [2.05, 4.69) is 0 Å². The van der Waals surface area contributed by atoms with Gasteiger partial charge in [-0.2, -0.15) is 0 Å². The molecule has 1 amide bonds. The van der Waals surface area contributed by atoms with Gasteiger partial charge in [0.1, 0.15) is 0 Å². The number of nitrogens with zero attached hydrogens (tertiary/aromatic N) is 1. The smallest absolute Gasteiger partial charge is 0.410 e. The highest BCUT2D eigenvalue weighted by Gasteiger charge is 2.34. The van der Waals surface area contributed by atoms with E-state index in [-0.39, 0.29) is 24.0 Å². The van der Waals surface area contributed by atoms with Crippen molar-refractivity contribution in [3.8, 4) is 0 Å². The average molecular weight is 229 g/mol. The molecule has 0 aliphatic carbocycles. The Morgan fingerprint density at radius 1 is 1.56 bits per heavy atom. The van der Waals surface area contributed by atoms with Crippen molar-refractivity contribution in [2.45, 2.75) is 39.2 Å². The van der Waals surface area contributed by atoms with Gasteiger partial charge < -0.3 is 14.7 Å². The second-order valence-electron chi connectivity index (χ2n) is 5.16. The molecule has 0 spiro atoms. The molecule has 92 valence electrons. The highest BCUT2D eigenvalue weighted by atomic mass is 16.6. The maximum atomic E-state index is 11.5. The van der Waals surface area contributed by atoms with Gasteiger partial charge in [-0.1, -0.05) is 0 Å². The van der Waals surface area contributed by atoms with Crippen molar-refractivity contribution in [2.75, 3.05) is 13.2 Å². The molecule has 1 saturated heterocycles. The monoisotopic (exact) mass is 229 g/mol. The molecule has 0 aromatic carbocycles. The lowest BCUT2D eigenvalue weighted by Gasteiger charge is -2.40. The summed E-state index contributed by atoms with van der Waals surface area (Å²) in [6.07, 6.45) is 0.370. The van der Waals surface area contributed by atoms with Crippen LogP contribution >= 0.6 is 0 Å². The average Bonchev–Trinajstić information content (AvgIpc) is 2.14. The zero-order chi connectivity index (χ0) is 12.3. The molecule has 1 N–H and O–H groups in total. The van der Waals surface area contributed by atoms with Crippen molar-refractivity contribution >= 4 is 12.1 Å². The van der Waals surface area contributed by atoms with Crippen molar-refractivity contribution in [2.24, 2.45) is 5.92 Å². The molecule has 1 unspecified atom stereocenters. The minimum Gasteiger partial charge on any atom is -0.481 e. The van der Waals surface area contributed by atoms with Crippen LogP contribution in [0.4, 0.5) is 4.79 Å². The third kappa shape index (κ3) is 3.40. The van der Waals surface area contributed by atoms with Crippen LogP contribution in [0.3, 0.4) is 0 Å². The number of carbonyl (C=O) groups excluding carboxylic acids is 1. The van der Waals surface area contributed by atoms with Crippen LogP contribution in [-0.2, 0) is 9.53 Å². The van der Waals surface area contributed by atoms with Crippen LogP contribution in [0.1, 0.15) is 33.6 Å². The van der Waals surface area contributed by atoms with Crippen LogP contribution in [0.2, 0.25) is 0 Å². The number of hydrogen-bond acceptors (Lipinski definition) is 3. The molecule has 0 saturated carbocycles. The predicted molar refractivity (Wildman–Crippen MR) is 58.2 cm³/mol. The first-order chi connectivity index (χ1) is 7.30. The SMILES string of the molecule is CC(C)(C)N1CC(CCC(=O)O)COC1=O. The first-order valence-electron chi connectivity index (χ1n) is 5.47. The lowest BCUT2D eigenvalue weighted by Crippen LogP contribution is -2.52. The zero-order valence-electron chi connectivity index (χ0n) is 10.0. The molecule has 1 aliphatic heterocycles. The number of carbonyl (C=O) groups is 2. The van der Waals surface area contributed by atoms with E-state index < -0.39 is 5.97 Å². The molecule has 1 atom stereocenters. The van der Waals surface area contributed by atoms with Gasteiger partial charge >= 0.3 is 12.1 Å². The van der Waals surface area contributed by atoms with Gasteiger partial charge in [-0.3, -0.25) is 4.79 Å². The van der Waals surface area contributed by atoms with E-state index in [1.165, 1.54) is 0 Å². The molecule has 16 heavy (non-hydrogen) atoms. The topological polar surface area (TPSA) is 66.8 Å². The Morgan fingerprint density at radius 3 is 2.69 bits per heavy atom. The highest BCUT2D eigenvalue weighted by Crippen LogP contribution is 2.23. The highest BCUT2D eigenvalue weighted by molar-refractivity contribution is 5.69. The summed E-state index contributed by atoms with van der Waals surface area (Å²) in [5, 5.41) is 8.60. The molecule has 1 fully saturated rings. The molecule has 1 rings (SSSR count). The van der Waals surface area contributed by atoms with Gasteiger partial charge in [0.2, 0.25) is 0 Å². The van der Waals surface area contributed by atoms with Gasteiger partial charge in [-0.25, -0.2) is 4.79 Å². The molecule has 0 bridgehead atoms. The van der Waals surface area contributed by atoms with Gasteiger partial charge in [-0.15, -0.1) is 0 Å². The zero-order valence-corrected chi connectivity index (χ0v) is 10.0. The van der Waals surface area contributed by atoms with Crippen molar-refractivity contribution in [1.82, 2.24) is 4.90 Å². The summed E-state index contributed by atoms with van der Waals surface area (Å²) >= 11 is 0. The van der Waals surface area contributed by atoms with Gasteiger partial charge in [0.05, 0.1) is 6.61 Å². The number of amides is 1. The summed E-state index contributed by atoms with van der Waals surface area (Å²) in [7, 11) is 0. The molecular formula is C11H19NO4. The number of hydrogen-bond donors (Lipinski definition) is 1. The summed E-state index contributed by atoms with van der Waals surface area (Å²) in [5.74, 6) is -0.688. The van der Waals surface area contributed by atoms with Crippen LogP contribution in [-0.4, -0.2) is 40.8 Å². The fourth-order valence-electron chi connectivity index (χ4n) is 1.70. The first-order valence-corrected chi connectivity index (χ1v) is 5.47. The van der Waals surface area contributed by atoms with Crippen molar-refractivity contribution < 1.29 is 19.4 Å². The van der Waals surface area contributed by atoms with Gasteiger partial charge in [0.25, 0.3) is 0 Å². The molecular weight excluding hydrogens is 210 g/mol. The number of ether oxygens (including phenoxy) is 1. The predicted octanol–water partition coefficient (Wildman–Crippen LogP) is 1.72. The van der Waals surface area contributed by atoms with Gasteiger partial charge in [0.15, 0.2) is 0 Å². The number of rotatable bonds is 3. The Kier molecular flexibility index (Phi) is 3.78. The molecule has 1 aliphatic rings. The maximum absolute atomic E-state index is 11.5. The van der Waals surface area contributed by atoms with Crippen LogP contribution in [0.15, 0.2) is 0 Å². The van der Waals surface area contributed by atoms with E-state index in [0.29, 0.717) is 19.6 Å². The molecule has 0 aromatic heterocycles. The van der Waals surface area contributed by atoms with E-state index in [0.717, 1.165) is 0 Å². The second-order valence-corrected chi connectivity index (χ2v) is 5.16. The third-order valence-electron chi connectivity index (χ3n) is 2.68. The Balaban J connectivity index is 2.54. The second kappa shape index (κ2) is 4.72. The van der Waals surface area contributed by atoms with Gasteiger partial charge in [-0.05, 0) is 27.2 Å². The Morgan fingerprint density at radius 2 is 2.19 bits per heavy atom. The number of carboxylic acids is 1. The summed E-state index contributed by atoms with van der Waals surface area (Å²) < 4.78 is 5.06. The van der Waals surface area contributed by atoms with E-state index in [9.17, 15) is 9.59 Å². The third-order valence-corrected chi connectivity index (χ3v) is 2.68. The Bertz CT molecular complexity index is 282. The summed E-state index contributed by atoms with van der Waals surface area (Å²) in [6, 6.07) is 0. The van der Waals surface area contributed by atoms with E-state index >= 15 is 0 Å². The van der Waals surface area contributed by atoms with E-state index in [1.807, 2.05) is 20.8 Å². The minimum absolute atomic E-state index is 0.119. The summed E-state index contributed by atoms with van der Waals surface area (Å²) in [4.78, 5) is 23.6. The molecule has 0 radical (unpaired) electrons.